The van der Waals surface area contributed by atoms with Crippen molar-refractivity contribution in [3.05, 3.63) is 30.3 Å². The van der Waals surface area contributed by atoms with Gasteiger partial charge in [0, 0.05) is 13.6 Å². The first-order valence-electron chi connectivity index (χ1n) is 6.14. The number of ether oxygens (including phenoxy) is 1. The van der Waals surface area contributed by atoms with E-state index in [1.807, 2.05) is 65.1 Å². The van der Waals surface area contributed by atoms with Crippen LogP contribution in [0.25, 0.3) is 0 Å². The van der Waals surface area contributed by atoms with Gasteiger partial charge in [-0.2, -0.15) is 0 Å². The monoisotopic (exact) mass is 250 g/mol. The van der Waals surface area contributed by atoms with E-state index in [1.165, 1.54) is 0 Å². The van der Waals surface area contributed by atoms with Crippen LogP contribution in [-0.2, 0) is 4.74 Å². The zero-order chi connectivity index (χ0) is 13.8. The number of amides is 1. The molecule has 18 heavy (non-hydrogen) atoms. The number of para-hydroxylation sites is 1. The van der Waals surface area contributed by atoms with Crippen molar-refractivity contribution in [2.75, 3.05) is 18.6 Å². The lowest BCUT2D eigenvalue weighted by Crippen LogP contribution is -2.46. The van der Waals surface area contributed by atoms with E-state index in [1.54, 1.807) is 10.0 Å². The summed E-state index contributed by atoms with van der Waals surface area (Å²) in [7, 11) is 1.85. The minimum absolute atomic E-state index is 0.337. The second kappa shape index (κ2) is 5.76. The van der Waals surface area contributed by atoms with Crippen molar-refractivity contribution in [2.24, 2.45) is 0 Å². The molecule has 0 heterocycles. The predicted octanol–water partition coefficient (Wildman–Crippen LogP) is 3.29. The molecule has 0 saturated carbocycles. The minimum atomic E-state index is -0.484. The van der Waals surface area contributed by atoms with E-state index in [-0.39, 0.29) is 6.09 Å². The number of hydrazine groups is 1. The third kappa shape index (κ3) is 3.95. The molecule has 4 heteroatoms. The molecule has 1 aromatic rings. The molecule has 0 atom stereocenters. The number of rotatable bonds is 3. The van der Waals surface area contributed by atoms with Crippen LogP contribution in [0.4, 0.5) is 10.5 Å². The third-order valence-electron chi connectivity index (χ3n) is 2.40. The zero-order valence-electron chi connectivity index (χ0n) is 11.8. The van der Waals surface area contributed by atoms with Gasteiger partial charge in [0.05, 0.1) is 5.69 Å². The minimum Gasteiger partial charge on any atom is -0.442 e. The van der Waals surface area contributed by atoms with Gasteiger partial charge in [-0.1, -0.05) is 18.2 Å². The topological polar surface area (TPSA) is 32.8 Å². The zero-order valence-corrected chi connectivity index (χ0v) is 11.8. The van der Waals surface area contributed by atoms with E-state index in [0.717, 1.165) is 5.69 Å². The summed E-state index contributed by atoms with van der Waals surface area (Å²) in [6, 6.07) is 9.73. The van der Waals surface area contributed by atoms with Gasteiger partial charge in [-0.15, -0.1) is 0 Å². The summed E-state index contributed by atoms with van der Waals surface area (Å²) in [4.78, 5) is 12.1. The van der Waals surface area contributed by atoms with Crippen molar-refractivity contribution >= 4 is 11.8 Å². The first-order chi connectivity index (χ1) is 8.35. The highest BCUT2D eigenvalue weighted by Gasteiger charge is 2.24. The van der Waals surface area contributed by atoms with Crippen LogP contribution in [0.15, 0.2) is 30.3 Å². The maximum absolute atomic E-state index is 12.1. The normalized spacial score (nSPS) is 10.9. The van der Waals surface area contributed by atoms with Gasteiger partial charge in [-0.05, 0) is 39.8 Å². The Balaban J connectivity index is 2.81. The smallest absolute Gasteiger partial charge is 0.429 e. The quantitative estimate of drug-likeness (QED) is 0.772. The number of hydrogen-bond donors (Lipinski definition) is 0. The highest BCUT2D eigenvalue weighted by atomic mass is 16.6. The molecule has 0 radical (unpaired) electrons. The molecule has 1 amide bonds. The third-order valence-corrected chi connectivity index (χ3v) is 2.40. The Hall–Kier alpha value is -1.71. The number of carbonyl (C=O) groups is 1. The van der Waals surface area contributed by atoms with E-state index in [0.29, 0.717) is 6.54 Å². The molecule has 0 fully saturated rings. The summed E-state index contributed by atoms with van der Waals surface area (Å²) in [5, 5.41) is 3.37. The number of hydrogen-bond acceptors (Lipinski definition) is 3. The highest BCUT2D eigenvalue weighted by molar-refractivity contribution is 5.70. The predicted molar refractivity (Wildman–Crippen MR) is 73.5 cm³/mol. The first-order valence-corrected chi connectivity index (χ1v) is 6.14. The molecule has 0 spiro atoms. The van der Waals surface area contributed by atoms with Gasteiger partial charge in [0.15, 0.2) is 0 Å². The second-order valence-electron chi connectivity index (χ2n) is 5.06. The molecule has 0 aliphatic carbocycles. The van der Waals surface area contributed by atoms with Gasteiger partial charge >= 0.3 is 6.09 Å². The summed E-state index contributed by atoms with van der Waals surface area (Å²) >= 11 is 0. The molecule has 0 aliphatic heterocycles. The average molecular weight is 250 g/mol. The standard InChI is InChI=1S/C14H22N2O2/c1-6-16(13(17)18-14(2,3)4)15(5)12-10-8-7-9-11-12/h7-11H,6H2,1-5H3. The molecular weight excluding hydrogens is 228 g/mol. The second-order valence-corrected chi connectivity index (χ2v) is 5.06. The van der Waals surface area contributed by atoms with E-state index in [2.05, 4.69) is 0 Å². The molecule has 1 aromatic carbocycles. The van der Waals surface area contributed by atoms with E-state index < -0.39 is 5.60 Å². The maximum Gasteiger partial charge on any atom is 0.429 e. The lowest BCUT2D eigenvalue weighted by atomic mass is 10.2. The number of benzene rings is 1. The Morgan fingerprint density at radius 1 is 1.22 bits per heavy atom. The van der Waals surface area contributed by atoms with E-state index in [4.69, 9.17) is 4.74 Å². The van der Waals surface area contributed by atoms with Crippen LogP contribution in [0.3, 0.4) is 0 Å². The van der Waals surface area contributed by atoms with Gasteiger partial charge in [-0.25, -0.2) is 9.80 Å². The fraction of sp³-hybridized carbons (Fsp3) is 0.500. The van der Waals surface area contributed by atoms with Crippen molar-refractivity contribution < 1.29 is 9.53 Å². The lowest BCUT2D eigenvalue weighted by Gasteiger charge is -2.34. The summed E-state index contributed by atoms with van der Waals surface area (Å²) in [5.74, 6) is 0. The van der Waals surface area contributed by atoms with Gasteiger partial charge in [0.25, 0.3) is 0 Å². The molecular formula is C14H22N2O2. The van der Waals surface area contributed by atoms with Crippen molar-refractivity contribution in [2.45, 2.75) is 33.3 Å². The van der Waals surface area contributed by atoms with Gasteiger partial charge in [0.1, 0.15) is 5.60 Å². The van der Waals surface area contributed by atoms with Crippen LogP contribution in [0.5, 0.6) is 0 Å². The van der Waals surface area contributed by atoms with Crippen molar-refractivity contribution in [3.63, 3.8) is 0 Å². The fourth-order valence-corrected chi connectivity index (χ4v) is 1.56. The summed E-state index contributed by atoms with van der Waals surface area (Å²) in [5.41, 5.74) is 0.465. The van der Waals surface area contributed by atoms with Crippen LogP contribution < -0.4 is 5.01 Å². The number of nitrogens with zero attached hydrogens (tertiary/aromatic N) is 2. The van der Waals surface area contributed by atoms with Gasteiger partial charge < -0.3 is 4.74 Å². The molecule has 0 unspecified atom stereocenters. The van der Waals surface area contributed by atoms with Gasteiger partial charge in [-0.3, -0.25) is 5.01 Å². The summed E-state index contributed by atoms with van der Waals surface area (Å²) in [6.07, 6.45) is -0.337. The van der Waals surface area contributed by atoms with Crippen LogP contribution in [0.1, 0.15) is 27.7 Å². The van der Waals surface area contributed by atoms with Crippen LogP contribution in [0, 0.1) is 0 Å². The van der Waals surface area contributed by atoms with Crippen LogP contribution in [0.2, 0.25) is 0 Å². The van der Waals surface area contributed by atoms with E-state index >= 15 is 0 Å². The average Bonchev–Trinajstić information content (AvgIpc) is 2.28. The maximum atomic E-state index is 12.1. The van der Waals surface area contributed by atoms with Crippen molar-refractivity contribution in [1.29, 1.82) is 0 Å². The number of anilines is 1. The molecule has 4 nitrogen and oxygen atoms in total. The summed E-state index contributed by atoms with van der Waals surface area (Å²) < 4.78 is 5.38. The Bertz CT molecular complexity index is 385. The van der Waals surface area contributed by atoms with Crippen LogP contribution in [-0.4, -0.2) is 30.3 Å². The molecule has 100 valence electrons. The van der Waals surface area contributed by atoms with Crippen molar-refractivity contribution in [3.8, 4) is 0 Å². The molecule has 1 rings (SSSR count). The largest absolute Gasteiger partial charge is 0.442 e. The van der Waals surface area contributed by atoms with Crippen LogP contribution >= 0.6 is 0 Å². The van der Waals surface area contributed by atoms with Gasteiger partial charge in [0.2, 0.25) is 0 Å². The Morgan fingerprint density at radius 2 is 1.78 bits per heavy atom. The summed E-state index contributed by atoms with van der Waals surface area (Å²) in [6.45, 7) is 8.06. The Kier molecular flexibility index (Phi) is 4.59. The molecule has 0 bridgehead atoms. The lowest BCUT2D eigenvalue weighted by molar-refractivity contribution is 0.0247. The SMILES string of the molecule is CCN(C(=O)OC(C)(C)C)N(C)c1ccccc1. The molecule has 0 aliphatic rings. The molecule has 0 saturated heterocycles. The van der Waals surface area contributed by atoms with E-state index in [9.17, 15) is 4.79 Å². The Labute approximate surface area is 109 Å². The molecule has 0 aromatic heterocycles. The molecule has 0 N–H and O–H groups in total. The Morgan fingerprint density at radius 3 is 2.22 bits per heavy atom. The first kappa shape index (κ1) is 14.4. The number of carbonyl (C=O) groups excluding carboxylic acids is 1. The van der Waals surface area contributed by atoms with Crippen molar-refractivity contribution in [1.82, 2.24) is 5.01 Å². The fourth-order valence-electron chi connectivity index (χ4n) is 1.56. The highest BCUT2D eigenvalue weighted by Crippen LogP contribution is 2.16.